The topological polar surface area (TPSA) is 57.2 Å². The molecule has 0 amide bonds. The van der Waals surface area contributed by atoms with Gasteiger partial charge in [-0.1, -0.05) is 18.2 Å². The predicted octanol–water partition coefficient (Wildman–Crippen LogP) is 1.98. The van der Waals surface area contributed by atoms with Crippen LogP contribution in [0.25, 0.3) is 5.78 Å². The van der Waals surface area contributed by atoms with E-state index in [0.717, 1.165) is 0 Å². The molecule has 7 heteroatoms. The van der Waals surface area contributed by atoms with Crippen LogP contribution in [0.2, 0.25) is 0 Å². The highest BCUT2D eigenvalue weighted by molar-refractivity contribution is 7.71. The zero-order valence-electron chi connectivity index (χ0n) is 9.52. The van der Waals surface area contributed by atoms with Gasteiger partial charge in [0.1, 0.15) is 12.1 Å². The summed E-state index contributed by atoms with van der Waals surface area (Å²) >= 11 is 5.20. The van der Waals surface area contributed by atoms with Crippen LogP contribution in [0.4, 0.5) is 0 Å². The van der Waals surface area contributed by atoms with Crippen LogP contribution in [0.3, 0.4) is 0 Å². The van der Waals surface area contributed by atoms with Crippen LogP contribution in [0.5, 0.6) is 11.8 Å². The summed E-state index contributed by atoms with van der Waals surface area (Å²) < 4.78 is 9.18. The average molecular weight is 259 g/mol. The van der Waals surface area contributed by atoms with Gasteiger partial charge in [0.05, 0.1) is 0 Å². The molecule has 0 saturated carbocycles. The molecule has 6 nitrogen and oxygen atoms in total. The van der Waals surface area contributed by atoms with Crippen molar-refractivity contribution in [2.75, 3.05) is 0 Å². The Balaban J connectivity index is 2.04. The van der Waals surface area contributed by atoms with Crippen molar-refractivity contribution in [1.82, 2.24) is 24.1 Å². The molecule has 0 aliphatic carbocycles. The number of nitrogens with zero attached hydrogens (tertiary/aromatic N) is 5. The second-order valence-electron chi connectivity index (χ2n) is 3.66. The molecule has 0 N–H and O–H groups in total. The van der Waals surface area contributed by atoms with Crippen LogP contribution in [-0.2, 0) is 7.05 Å². The monoisotopic (exact) mass is 259 g/mol. The normalized spacial score (nSPS) is 10.7. The maximum absolute atomic E-state index is 5.52. The summed E-state index contributed by atoms with van der Waals surface area (Å²) in [5, 5.41) is 4.16. The lowest BCUT2D eigenvalue weighted by Crippen LogP contribution is -2.02. The number of aryl methyl sites for hydroxylation is 1. The number of rotatable bonds is 2. The van der Waals surface area contributed by atoms with E-state index in [-0.39, 0.29) is 6.01 Å². The highest BCUT2D eigenvalue weighted by atomic mass is 32.1. The first-order valence-electron chi connectivity index (χ1n) is 5.25. The molecule has 2 aromatic heterocycles. The molecule has 1 aromatic carbocycles. The van der Waals surface area contributed by atoms with Gasteiger partial charge in [-0.3, -0.25) is 0 Å². The van der Waals surface area contributed by atoms with Gasteiger partial charge in [0.25, 0.3) is 5.78 Å². The molecule has 0 spiro atoms. The van der Waals surface area contributed by atoms with E-state index in [4.69, 9.17) is 17.0 Å². The van der Waals surface area contributed by atoms with E-state index in [9.17, 15) is 0 Å². The van der Waals surface area contributed by atoms with E-state index < -0.39 is 0 Å². The molecule has 0 bridgehead atoms. The molecule has 2 heterocycles. The summed E-state index contributed by atoms with van der Waals surface area (Å²) in [4.78, 5) is 8.26. The lowest BCUT2D eigenvalue weighted by atomic mass is 10.3. The average Bonchev–Trinajstić information content (AvgIpc) is 2.79. The number of hydrogen-bond acceptors (Lipinski definition) is 5. The first kappa shape index (κ1) is 10.8. The van der Waals surface area contributed by atoms with Gasteiger partial charge in [-0.05, 0) is 24.4 Å². The van der Waals surface area contributed by atoms with E-state index in [1.165, 1.54) is 4.52 Å². The summed E-state index contributed by atoms with van der Waals surface area (Å²) in [6.07, 6.45) is 1.60. The van der Waals surface area contributed by atoms with Crippen LogP contribution in [0.15, 0.2) is 36.7 Å². The Morgan fingerprint density at radius 3 is 2.78 bits per heavy atom. The smallest absolute Gasteiger partial charge is 0.343 e. The summed E-state index contributed by atoms with van der Waals surface area (Å²) in [6, 6.07) is 9.55. The second-order valence-corrected chi connectivity index (χ2v) is 4.02. The minimum absolute atomic E-state index is 0.228. The standard InChI is InChI=1S/C11H9N5OS/c1-15-7-12-9-13-10(14-16(9)11(15)18)17-8-5-3-2-4-6-8/h2-7H,1H3. The Hall–Kier alpha value is -2.28. The van der Waals surface area contributed by atoms with E-state index in [2.05, 4.69) is 15.1 Å². The number of benzene rings is 1. The molecule has 0 saturated heterocycles. The molecule has 3 rings (SSSR count). The largest absolute Gasteiger partial charge is 0.423 e. The van der Waals surface area contributed by atoms with Gasteiger partial charge in [-0.2, -0.15) is 9.50 Å². The van der Waals surface area contributed by atoms with Crippen molar-refractivity contribution in [1.29, 1.82) is 0 Å². The molecule has 3 aromatic rings. The molecular formula is C11H9N5OS. The highest BCUT2D eigenvalue weighted by Crippen LogP contribution is 2.17. The Kier molecular flexibility index (Phi) is 2.52. The minimum Gasteiger partial charge on any atom is -0.423 e. The number of fused-ring (bicyclic) bond motifs is 1. The Morgan fingerprint density at radius 1 is 1.22 bits per heavy atom. The van der Waals surface area contributed by atoms with Crippen LogP contribution in [-0.4, -0.2) is 24.1 Å². The molecule has 0 atom stereocenters. The fourth-order valence-electron chi connectivity index (χ4n) is 1.47. The van der Waals surface area contributed by atoms with E-state index in [1.807, 2.05) is 30.3 Å². The predicted molar refractivity (Wildman–Crippen MR) is 67.1 cm³/mol. The maximum Gasteiger partial charge on any atom is 0.343 e. The zero-order valence-corrected chi connectivity index (χ0v) is 10.3. The molecule has 18 heavy (non-hydrogen) atoms. The third kappa shape index (κ3) is 1.84. The van der Waals surface area contributed by atoms with E-state index >= 15 is 0 Å². The van der Waals surface area contributed by atoms with Crippen molar-refractivity contribution in [3.8, 4) is 11.8 Å². The second kappa shape index (κ2) is 4.19. The number of aromatic nitrogens is 5. The van der Waals surface area contributed by atoms with Crippen LogP contribution >= 0.6 is 12.2 Å². The number of ether oxygens (including phenoxy) is 1. The number of para-hydroxylation sites is 1. The molecule has 0 aliphatic rings. The molecular weight excluding hydrogens is 250 g/mol. The van der Waals surface area contributed by atoms with Crippen molar-refractivity contribution < 1.29 is 4.74 Å². The number of hydrogen-bond donors (Lipinski definition) is 0. The van der Waals surface area contributed by atoms with Gasteiger partial charge in [0.2, 0.25) is 4.77 Å². The van der Waals surface area contributed by atoms with E-state index in [0.29, 0.717) is 16.3 Å². The third-order valence-corrected chi connectivity index (χ3v) is 2.81. The molecule has 0 aliphatic heterocycles. The molecule has 0 radical (unpaired) electrons. The van der Waals surface area contributed by atoms with Gasteiger partial charge < -0.3 is 9.30 Å². The quantitative estimate of drug-likeness (QED) is 0.659. The summed E-state index contributed by atoms with van der Waals surface area (Å²) in [7, 11) is 1.80. The molecule has 90 valence electrons. The van der Waals surface area contributed by atoms with Crippen LogP contribution < -0.4 is 4.74 Å². The maximum atomic E-state index is 5.52. The Bertz CT molecular complexity index is 749. The Morgan fingerprint density at radius 2 is 2.00 bits per heavy atom. The van der Waals surface area contributed by atoms with Gasteiger partial charge >= 0.3 is 6.01 Å². The van der Waals surface area contributed by atoms with Crippen molar-refractivity contribution in [3.63, 3.8) is 0 Å². The summed E-state index contributed by atoms with van der Waals surface area (Å²) in [5.74, 6) is 1.09. The SMILES string of the molecule is Cn1cnc2nc(Oc3ccccc3)nn2c1=S. The van der Waals surface area contributed by atoms with Crippen molar-refractivity contribution in [2.45, 2.75) is 0 Å². The minimum atomic E-state index is 0.228. The van der Waals surface area contributed by atoms with Gasteiger partial charge in [-0.25, -0.2) is 4.98 Å². The third-order valence-electron chi connectivity index (χ3n) is 2.35. The van der Waals surface area contributed by atoms with Gasteiger partial charge in [0.15, 0.2) is 0 Å². The fourth-order valence-corrected chi connectivity index (χ4v) is 1.64. The van der Waals surface area contributed by atoms with Crippen molar-refractivity contribution in [2.24, 2.45) is 7.05 Å². The zero-order chi connectivity index (χ0) is 12.5. The summed E-state index contributed by atoms with van der Waals surface area (Å²) in [5.41, 5.74) is 0. The van der Waals surface area contributed by atoms with Gasteiger partial charge in [-0.15, -0.1) is 5.10 Å². The molecule has 0 fully saturated rings. The van der Waals surface area contributed by atoms with Crippen LogP contribution in [0, 0.1) is 4.77 Å². The first-order valence-corrected chi connectivity index (χ1v) is 5.66. The molecule has 0 unspecified atom stereocenters. The van der Waals surface area contributed by atoms with Gasteiger partial charge in [0, 0.05) is 7.05 Å². The highest BCUT2D eigenvalue weighted by Gasteiger charge is 2.08. The van der Waals surface area contributed by atoms with E-state index in [1.54, 1.807) is 17.9 Å². The van der Waals surface area contributed by atoms with Crippen molar-refractivity contribution in [3.05, 3.63) is 41.4 Å². The lowest BCUT2D eigenvalue weighted by molar-refractivity contribution is 0.442. The van der Waals surface area contributed by atoms with Crippen molar-refractivity contribution >= 4 is 18.0 Å². The van der Waals surface area contributed by atoms with Crippen LogP contribution in [0.1, 0.15) is 0 Å². The summed E-state index contributed by atoms with van der Waals surface area (Å²) in [6.45, 7) is 0. The fraction of sp³-hybridized carbons (Fsp3) is 0.0909. The Labute approximate surface area is 108 Å². The first-order chi connectivity index (χ1) is 8.74. The lowest BCUT2D eigenvalue weighted by Gasteiger charge is -1.98.